The maximum Gasteiger partial charge on any atom is 0.263 e. The first-order valence-electron chi connectivity index (χ1n) is 8.21. The van der Waals surface area contributed by atoms with Crippen LogP contribution in [0.1, 0.15) is 37.1 Å². The van der Waals surface area contributed by atoms with Crippen molar-refractivity contribution in [2.45, 2.75) is 46.1 Å². The van der Waals surface area contributed by atoms with Crippen LogP contribution in [-0.4, -0.2) is 28.5 Å². The van der Waals surface area contributed by atoms with Gasteiger partial charge in [0.05, 0.1) is 11.9 Å². The Morgan fingerprint density at radius 2 is 2.09 bits per heavy atom. The zero-order valence-electron chi connectivity index (χ0n) is 13.6. The Morgan fingerprint density at radius 3 is 2.83 bits per heavy atom. The van der Waals surface area contributed by atoms with Gasteiger partial charge in [-0.2, -0.15) is 0 Å². The summed E-state index contributed by atoms with van der Waals surface area (Å²) in [4.78, 5) is 31.2. The maximum atomic E-state index is 12.9. The molecule has 0 fully saturated rings. The Balaban J connectivity index is 2.02. The van der Waals surface area contributed by atoms with E-state index in [2.05, 4.69) is 15.6 Å². The van der Waals surface area contributed by atoms with E-state index in [1.807, 2.05) is 13.8 Å². The van der Waals surface area contributed by atoms with Gasteiger partial charge in [0.25, 0.3) is 5.56 Å². The summed E-state index contributed by atoms with van der Waals surface area (Å²) in [6.07, 6.45) is 4.34. The van der Waals surface area contributed by atoms with Gasteiger partial charge in [0.2, 0.25) is 11.9 Å². The number of rotatable bonds is 5. The topological polar surface area (TPSA) is 76.0 Å². The van der Waals surface area contributed by atoms with Crippen molar-refractivity contribution in [3.05, 3.63) is 20.8 Å². The molecule has 1 amide bonds. The van der Waals surface area contributed by atoms with Crippen molar-refractivity contribution < 1.29 is 4.79 Å². The van der Waals surface area contributed by atoms with Crippen LogP contribution in [-0.2, 0) is 24.2 Å². The van der Waals surface area contributed by atoms with Gasteiger partial charge in [0.1, 0.15) is 4.83 Å². The molecule has 2 N–H and O–H groups in total. The fraction of sp³-hybridized carbons (Fsp3) is 0.562. The zero-order chi connectivity index (χ0) is 16.4. The third-order valence-electron chi connectivity index (χ3n) is 4.17. The van der Waals surface area contributed by atoms with E-state index in [4.69, 9.17) is 0 Å². The number of fused-ring (bicyclic) bond motifs is 3. The normalized spacial score (nSPS) is 13.8. The predicted molar refractivity (Wildman–Crippen MR) is 93.4 cm³/mol. The van der Waals surface area contributed by atoms with E-state index in [1.165, 1.54) is 16.9 Å². The van der Waals surface area contributed by atoms with E-state index >= 15 is 0 Å². The van der Waals surface area contributed by atoms with Crippen molar-refractivity contribution in [2.24, 2.45) is 0 Å². The van der Waals surface area contributed by atoms with Crippen LogP contribution in [0.2, 0.25) is 0 Å². The second kappa shape index (κ2) is 6.70. The molecule has 0 aromatic carbocycles. The van der Waals surface area contributed by atoms with Crippen LogP contribution in [0.25, 0.3) is 10.2 Å². The first kappa shape index (κ1) is 16.0. The Labute approximate surface area is 138 Å². The molecule has 2 aromatic heterocycles. The van der Waals surface area contributed by atoms with Crippen molar-refractivity contribution in [1.82, 2.24) is 14.9 Å². The highest BCUT2D eigenvalue weighted by Crippen LogP contribution is 2.34. The van der Waals surface area contributed by atoms with Crippen molar-refractivity contribution >= 4 is 33.4 Å². The van der Waals surface area contributed by atoms with E-state index in [1.54, 1.807) is 15.9 Å². The maximum absolute atomic E-state index is 12.9. The van der Waals surface area contributed by atoms with Gasteiger partial charge in [0.15, 0.2) is 0 Å². The van der Waals surface area contributed by atoms with Gasteiger partial charge in [-0.25, -0.2) is 4.98 Å². The van der Waals surface area contributed by atoms with Crippen molar-refractivity contribution in [3.63, 3.8) is 0 Å². The van der Waals surface area contributed by atoms with E-state index < -0.39 is 0 Å². The minimum absolute atomic E-state index is 0.00954. The van der Waals surface area contributed by atoms with Gasteiger partial charge in [-0.05, 0) is 45.1 Å². The van der Waals surface area contributed by atoms with Gasteiger partial charge in [-0.3, -0.25) is 14.2 Å². The molecule has 23 heavy (non-hydrogen) atoms. The first-order valence-corrected chi connectivity index (χ1v) is 9.03. The zero-order valence-corrected chi connectivity index (χ0v) is 14.4. The molecule has 6 nitrogen and oxygen atoms in total. The highest BCUT2D eigenvalue weighted by Gasteiger charge is 2.21. The third-order valence-corrected chi connectivity index (χ3v) is 5.36. The van der Waals surface area contributed by atoms with Crippen LogP contribution in [0.15, 0.2) is 4.79 Å². The molecule has 1 aliphatic carbocycles. The molecule has 2 heterocycles. The van der Waals surface area contributed by atoms with Crippen LogP contribution in [0.4, 0.5) is 5.95 Å². The summed E-state index contributed by atoms with van der Waals surface area (Å²) in [5, 5.41) is 6.53. The Kier molecular flexibility index (Phi) is 4.66. The summed E-state index contributed by atoms with van der Waals surface area (Å²) in [5.74, 6) is 0.379. The molecule has 0 aliphatic heterocycles. The second-order valence-electron chi connectivity index (χ2n) is 5.68. The predicted octanol–water partition coefficient (Wildman–Crippen LogP) is 1.90. The lowest BCUT2D eigenvalue weighted by Crippen LogP contribution is -2.32. The first-order chi connectivity index (χ1) is 11.2. The Bertz CT molecular complexity index is 793. The number of nitrogens with zero attached hydrogens (tertiary/aromatic N) is 2. The second-order valence-corrected chi connectivity index (χ2v) is 6.77. The largest absolute Gasteiger partial charge is 0.355 e. The summed E-state index contributed by atoms with van der Waals surface area (Å²) < 4.78 is 1.63. The fourth-order valence-electron chi connectivity index (χ4n) is 3.09. The van der Waals surface area contributed by atoms with Gasteiger partial charge in [-0.1, -0.05) is 0 Å². The molecule has 0 unspecified atom stereocenters. The third kappa shape index (κ3) is 2.97. The molecule has 0 radical (unpaired) electrons. The number of amides is 1. The standard InChI is InChI=1S/C16H22N4O2S/c1-3-17-12(21)9-18-16-19-14-13(15(22)20(16)4-2)10-7-5-6-8-11(10)23-14/h3-9H2,1-2H3,(H,17,21)(H,18,19). The van der Waals surface area contributed by atoms with E-state index in [-0.39, 0.29) is 18.0 Å². The molecule has 0 spiro atoms. The van der Waals surface area contributed by atoms with Gasteiger partial charge < -0.3 is 10.6 Å². The smallest absolute Gasteiger partial charge is 0.263 e. The summed E-state index contributed by atoms with van der Waals surface area (Å²) in [6.45, 7) is 5.04. The number of carbonyl (C=O) groups is 1. The number of aryl methyl sites for hydroxylation is 2. The van der Waals surface area contributed by atoms with Crippen LogP contribution in [0.5, 0.6) is 0 Å². The molecule has 1 aliphatic rings. The van der Waals surface area contributed by atoms with Crippen molar-refractivity contribution in [2.75, 3.05) is 18.4 Å². The SMILES string of the molecule is CCNC(=O)CNc1nc2sc3c(c2c(=O)n1CC)CCCC3. The molecule has 3 rings (SSSR count). The number of likely N-dealkylation sites (N-methyl/N-ethyl adjacent to an activating group) is 1. The lowest BCUT2D eigenvalue weighted by Gasteiger charge is -2.13. The van der Waals surface area contributed by atoms with E-state index in [9.17, 15) is 9.59 Å². The number of thiophene rings is 1. The summed E-state index contributed by atoms with van der Waals surface area (Å²) >= 11 is 1.63. The molecule has 2 aromatic rings. The van der Waals surface area contributed by atoms with Gasteiger partial charge in [0, 0.05) is 18.0 Å². The lowest BCUT2D eigenvalue weighted by atomic mass is 9.97. The molecular weight excluding hydrogens is 312 g/mol. The fourth-order valence-corrected chi connectivity index (χ4v) is 4.34. The highest BCUT2D eigenvalue weighted by atomic mass is 32.1. The van der Waals surface area contributed by atoms with Crippen LogP contribution in [0.3, 0.4) is 0 Å². The number of aromatic nitrogens is 2. The number of hydrogen-bond acceptors (Lipinski definition) is 5. The minimum atomic E-state index is -0.102. The summed E-state index contributed by atoms with van der Waals surface area (Å²) in [7, 11) is 0. The Morgan fingerprint density at radius 1 is 1.30 bits per heavy atom. The average Bonchev–Trinajstić information content (AvgIpc) is 2.91. The van der Waals surface area contributed by atoms with Crippen molar-refractivity contribution in [3.8, 4) is 0 Å². The Hall–Kier alpha value is -1.89. The van der Waals surface area contributed by atoms with E-state index in [0.717, 1.165) is 29.5 Å². The lowest BCUT2D eigenvalue weighted by molar-refractivity contribution is -0.119. The number of hydrogen-bond donors (Lipinski definition) is 2. The van der Waals surface area contributed by atoms with Crippen LogP contribution < -0.4 is 16.2 Å². The number of anilines is 1. The quantitative estimate of drug-likeness (QED) is 0.876. The average molecular weight is 334 g/mol. The molecular formula is C16H22N4O2S. The van der Waals surface area contributed by atoms with Gasteiger partial charge in [-0.15, -0.1) is 11.3 Å². The van der Waals surface area contributed by atoms with Crippen LogP contribution >= 0.6 is 11.3 Å². The number of nitrogens with one attached hydrogen (secondary N) is 2. The summed E-state index contributed by atoms with van der Waals surface area (Å²) in [6, 6.07) is 0. The summed E-state index contributed by atoms with van der Waals surface area (Å²) in [5.41, 5.74) is 1.21. The number of carbonyl (C=O) groups excluding carboxylic acids is 1. The van der Waals surface area contributed by atoms with Crippen LogP contribution in [0, 0.1) is 0 Å². The molecule has 124 valence electrons. The van der Waals surface area contributed by atoms with Crippen molar-refractivity contribution in [1.29, 1.82) is 0 Å². The molecule has 0 saturated carbocycles. The van der Waals surface area contributed by atoms with E-state index in [0.29, 0.717) is 19.0 Å². The molecule has 7 heteroatoms. The molecule has 0 atom stereocenters. The molecule has 0 bridgehead atoms. The monoisotopic (exact) mass is 334 g/mol. The van der Waals surface area contributed by atoms with Gasteiger partial charge >= 0.3 is 0 Å². The minimum Gasteiger partial charge on any atom is -0.355 e. The highest BCUT2D eigenvalue weighted by molar-refractivity contribution is 7.18. The molecule has 0 saturated heterocycles.